The van der Waals surface area contributed by atoms with Gasteiger partial charge in [-0.2, -0.15) is 0 Å². The first-order valence-corrected chi connectivity index (χ1v) is 17.2. The van der Waals surface area contributed by atoms with Gasteiger partial charge in [-0.3, -0.25) is 0 Å². The van der Waals surface area contributed by atoms with Crippen molar-refractivity contribution in [3.8, 4) is 0 Å². The molecule has 0 aromatic carbocycles. The summed E-state index contributed by atoms with van der Waals surface area (Å²) in [7, 11) is 8.19. The SMILES string of the molecule is C[Si](C)([C]1[CH][CH][CH][CH]1)[C]1[C]2C=CC=C[C]2[C]2C=CC=C[C]21.[Cl][Zr][Cl]. The van der Waals surface area contributed by atoms with Gasteiger partial charge in [0.2, 0.25) is 0 Å². The van der Waals surface area contributed by atoms with Crippen LogP contribution in [0.15, 0.2) is 48.6 Å². The average Bonchev–Trinajstić information content (AvgIpc) is 3.22. The first-order chi connectivity index (χ1) is 11.6. The molecule has 4 heteroatoms. The number of halogens is 2. The van der Waals surface area contributed by atoms with Crippen LogP contribution in [0.5, 0.6) is 0 Å². The van der Waals surface area contributed by atoms with Crippen molar-refractivity contribution >= 4 is 25.1 Å². The molecule has 0 aliphatic heterocycles. The van der Waals surface area contributed by atoms with Gasteiger partial charge in [0.15, 0.2) is 0 Å². The Morgan fingerprint density at radius 1 is 0.708 bits per heavy atom. The van der Waals surface area contributed by atoms with Crippen molar-refractivity contribution in [2.75, 3.05) is 0 Å². The van der Waals surface area contributed by atoms with Crippen LogP contribution in [0.25, 0.3) is 0 Å². The van der Waals surface area contributed by atoms with E-state index in [2.05, 4.69) is 87.4 Å². The third kappa shape index (κ3) is 3.68. The Morgan fingerprint density at radius 2 is 1.08 bits per heavy atom. The molecule has 0 N–H and O–H groups in total. The molecule has 2 fully saturated rings. The summed E-state index contributed by atoms with van der Waals surface area (Å²) >= 11 is -0.826. The van der Waals surface area contributed by atoms with E-state index in [1.165, 1.54) is 29.2 Å². The minimum atomic E-state index is -1.68. The maximum absolute atomic E-state index is 4.93. The molecule has 4 aliphatic carbocycles. The van der Waals surface area contributed by atoms with Gasteiger partial charge in [-0.25, -0.2) is 0 Å². The second kappa shape index (κ2) is 8.55. The molecule has 0 heterocycles. The van der Waals surface area contributed by atoms with Gasteiger partial charge in [0.25, 0.3) is 0 Å². The topological polar surface area (TPSA) is 0 Å². The van der Waals surface area contributed by atoms with E-state index < -0.39 is 28.9 Å². The second-order valence-corrected chi connectivity index (χ2v) is 14.4. The van der Waals surface area contributed by atoms with Crippen LogP contribution in [0.1, 0.15) is 0 Å². The molecular weight excluding hydrogens is 430 g/mol. The zero-order valence-corrected chi connectivity index (χ0v) is 18.7. The molecule has 0 aromatic rings. The summed E-state index contributed by atoms with van der Waals surface area (Å²) in [5.41, 5.74) is 3.10. The van der Waals surface area contributed by atoms with E-state index in [-0.39, 0.29) is 0 Å². The molecule has 0 spiro atoms. The van der Waals surface area contributed by atoms with E-state index in [9.17, 15) is 0 Å². The van der Waals surface area contributed by atoms with Gasteiger partial charge in [-0.15, -0.1) is 0 Å². The van der Waals surface area contributed by atoms with Crippen LogP contribution in [0.2, 0.25) is 13.1 Å². The fraction of sp³-hybridized carbons (Fsp3) is 0.100. The fourth-order valence-electron chi connectivity index (χ4n) is 3.63. The van der Waals surface area contributed by atoms with E-state index in [1.54, 1.807) is 5.54 Å². The predicted octanol–water partition coefficient (Wildman–Crippen LogP) is 5.69. The molecule has 120 valence electrons. The summed E-state index contributed by atoms with van der Waals surface area (Å²) in [6.45, 7) is 4.94. The van der Waals surface area contributed by atoms with Crippen molar-refractivity contribution in [2.45, 2.75) is 13.1 Å². The summed E-state index contributed by atoms with van der Waals surface area (Å²) in [5.74, 6) is 5.68. The first kappa shape index (κ1) is 19.4. The molecule has 0 aromatic heterocycles. The van der Waals surface area contributed by atoms with Crippen LogP contribution in [0, 0.1) is 60.4 Å². The third-order valence-electron chi connectivity index (χ3n) is 4.69. The molecule has 0 nitrogen and oxygen atoms in total. The molecule has 4 rings (SSSR count). The Bertz CT molecular complexity index is 512. The maximum atomic E-state index is 4.93. The summed E-state index contributed by atoms with van der Waals surface area (Å²) in [5, 5.41) is 0. The summed E-state index contributed by atoms with van der Waals surface area (Å²) < 4.78 is 0. The Morgan fingerprint density at radius 3 is 1.50 bits per heavy atom. The molecule has 0 bridgehead atoms. The number of hydrogen-bond acceptors (Lipinski definition) is 0. The number of fused-ring (bicyclic) bond motifs is 3. The van der Waals surface area contributed by atoms with Gasteiger partial charge >= 0.3 is 37.9 Å². The normalized spacial score (nSPS) is 25.7. The van der Waals surface area contributed by atoms with Crippen LogP contribution >= 0.6 is 17.0 Å². The van der Waals surface area contributed by atoms with E-state index in [4.69, 9.17) is 17.0 Å². The van der Waals surface area contributed by atoms with Gasteiger partial charge in [-0.1, -0.05) is 61.7 Å². The van der Waals surface area contributed by atoms with E-state index >= 15 is 0 Å². The Balaban J connectivity index is 0.000000526. The summed E-state index contributed by atoms with van der Waals surface area (Å²) in [6, 6.07) is 0. The van der Waals surface area contributed by atoms with E-state index in [1.807, 2.05) is 0 Å². The molecule has 0 unspecified atom stereocenters. The van der Waals surface area contributed by atoms with Crippen LogP contribution in [-0.2, 0) is 20.8 Å². The number of hydrogen-bond donors (Lipinski definition) is 0. The second-order valence-electron chi connectivity index (χ2n) is 6.34. The van der Waals surface area contributed by atoms with Crippen LogP contribution < -0.4 is 0 Å². The molecular formula is C20H18Cl2SiZr. The molecule has 4 aliphatic rings. The van der Waals surface area contributed by atoms with Crippen molar-refractivity contribution in [1.82, 2.24) is 0 Å². The average molecular weight is 449 g/mol. The first-order valence-electron chi connectivity index (χ1n) is 7.86. The summed E-state index contributed by atoms with van der Waals surface area (Å²) in [4.78, 5) is 0. The zero-order valence-electron chi connectivity index (χ0n) is 13.7. The van der Waals surface area contributed by atoms with Crippen molar-refractivity contribution < 1.29 is 20.8 Å². The minimum absolute atomic E-state index is 0.826. The fourth-order valence-corrected chi connectivity index (χ4v) is 6.72. The standard InChI is InChI=1S/C20H18Si.2ClH.Zr/c1-21(2,15-9-3-4-10-15)20-18-13-7-5-11-16(18)17-12-6-8-14-19(17)20;;;/h3-14H,1-2H3;2*1H;/q;;;+2/p-2. The van der Waals surface area contributed by atoms with Crippen LogP contribution in [0.3, 0.4) is 0 Å². The van der Waals surface area contributed by atoms with Crippen molar-refractivity contribution in [3.63, 3.8) is 0 Å². The van der Waals surface area contributed by atoms with Crippen molar-refractivity contribution in [1.29, 1.82) is 0 Å². The Hall–Kier alpha value is 0.640. The monoisotopic (exact) mass is 446 g/mol. The third-order valence-corrected chi connectivity index (χ3v) is 8.26. The molecule has 0 saturated heterocycles. The predicted molar refractivity (Wildman–Crippen MR) is 102 cm³/mol. The van der Waals surface area contributed by atoms with Gasteiger partial charge in [0, 0.05) is 23.7 Å². The Kier molecular flexibility index (Phi) is 6.91. The van der Waals surface area contributed by atoms with Gasteiger partial charge in [0.1, 0.15) is 0 Å². The van der Waals surface area contributed by atoms with E-state index in [0.717, 1.165) is 0 Å². The molecule has 24 heavy (non-hydrogen) atoms. The molecule has 0 atom stereocenters. The zero-order chi connectivity index (χ0) is 17.2. The number of rotatable bonds is 2. The van der Waals surface area contributed by atoms with Crippen molar-refractivity contribution in [3.05, 3.63) is 109 Å². The van der Waals surface area contributed by atoms with Crippen molar-refractivity contribution in [2.24, 2.45) is 0 Å². The molecule has 2 saturated carbocycles. The van der Waals surface area contributed by atoms with Gasteiger partial charge in [-0.05, 0) is 36.8 Å². The molecule has 10 radical (unpaired) electrons. The quantitative estimate of drug-likeness (QED) is 0.476. The van der Waals surface area contributed by atoms with Crippen LogP contribution in [0.4, 0.5) is 0 Å². The Labute approximate surface area is 167 Å². The molecule has 0 amide bonds. The van der Waals surface area contributed by atoms with Gasteiger partial charge < -0.3 is 0 Å². The van der Waals surface area contributed by atoms with E-state index in [0.29, 0.717) is 0 Å². The van der Waals surface area contributed by atoms with Crippen LogP contribution in [-0.4, -0.2) is 8.07 Å². The summed E-state index contributed by atoms with van der Waals surface area (Å²) in [6.07, 6.45) is 26.7. The van der Waals surface area contributed by atoms with Gasteiger partial charge in [0.05, 0.1) is 8.07 Å². The number of allylic oxidation sites excluding steroid dienone is 8.